The van der Waals surface area contributed by atoms with Crippen LogP contribution in [0.25, 0.3) is 11.2 Å². The lowest BCUT2D eigenvalue weighted by molar-refractivity contribution is -0.121. The number of carbonyl (C=O) groups excluding carboxylic acids is 1. The van der Waals surface area contributed by atoms with Crippen LogP contribution >= 0.6 is 0 Å². The van der Waals surface area contributed by atoms with E-state index in [0.717, 1.165) is 15.8 Å². The number of imidazole rings is 1. The van der Waals surface area contributed by atoms with Crippen molar-refractivity contribution in [3.05, 3.63) is 57.0 Å². The average Bonchev–Trinajstić information content (AvgIpc) is 3.13. The molecule has 2 heterocycles. The smallest absolute Gasteiger partial charge is 0.332 e. The van der Waals surface area contributed by atoms with Crippen LogP contribution in [0.3, 0.4) is 0 Å². The maximum absolute atomic E-state index is 12.4. The average molecular weight is 398 g/mol. The molecule has 29 heavy (non-hydrogen) atoms. The molecule has 3 aromatic rings. The molecule has 0 radical (unpaired) electrons. The van der Waals surface area contributed by atoms with Crippen LogP contribution in [0.1, 0.15) is 18.4 Å². The molecule has 0 saturated carbocycles. The number of anilines is 1. The molecular weight excluding hydrogens is 372 g/mol. The monoisotopic (exact) mass is 398 g/mol. The highest BCUT2D eigenvalue weighted by Gasteiger charge is 2.14. The SMILES string of the molecule is CN(C)c1ccc(CNC(=O)CCCn2cnc3c2c(=O)n(C)c(=O)n3C)cc1. The normalized spacial score (nSPS) is 11.0. The Bertz CT molecular complexity index is 1140. The number of carbonyl (C=O) groups is 1. The van der Waals surface area contributed by atoms with Gasteiger partial charge in [-0.1, -0.05) is 12.1 Å². The molecule has 0 unspecified atom stereocenters. The van der Waals surface area contributed by atoms with E-state index in [4.69, 9.17) is 0 Å². The number of aromatic nitrogens is 4. The second-order valence-corrected chi connectivity index (χ2v) is 7.26. The number of rotatable bonds is 7. The number of hydrogen-bond acceptors (Lipinski definition) is 5. The first-order chi connectivity index (χ1) is 13.8. The topological polar surface area (TPSA) is 94.2 Å². The van der Waals surface area contributed by atoms with Crippen molar-refractivity contribution in [3.63, 3.8) is 0 Å². The Hall–Kier alpha value is -3.36. The summed E-state index contributed by atoms with van der Waals surface area (Å²) in [5.41, 5.74) is 2.07. The van der Waals surface area contributed by atoms with Crippen LogP contribution in [-0.4, -0.2) is 38.7 Å². The quantitative estimate of drug-likeness (QED) is 0.629. The maximum Gasteiger partial charge on any atom is 0.332 e. The van der Waals surface area contributed by atoms with Gasteiger partial charge >= 0.3 is 5.69 Å². The zero-order valence-corrected chi connectivity index (χ0v) is 17.2. The minimum Gasteiger partial charge on any atom is -0.378 e. The highest BCUT2D eigenvalue weighted by molar-refractivity contribution is 5.76. The van der Waals surface area contributed by atoms with Crippen molar-refractivity contribution in [2.24, 2.45) is 14.1 Å². The lowest BCUT2D eigenvalue weighted by Gasteiger charge is -2.13. The molecular formula is C20H26N6O3. The van der Waals surface area contributed by atoms with Crippen molar-refractivity contribution in [3.8, 4) is 0 Å². The van der Waals surface area contributed by atoms with Gasteiger partial charge in [0.25, 0.3) is 5.56 Å². The summed E-state index contributed by atoms with van der Waals surface area (Å²) < 4.78 is 4.11. The largest absolute Gasteiger partial charge is 0.378 e. The van der Waals surface area contributed by atoms with Gasteiger partial charge in [0.15, 0.2) is 11.2 Å². The zero-order valence-electron chi connectivity index (χ0n) is 17.2. The molecule has 9 nitrogen and oxygen atoms in total. The van der Waals surface area contributed by atoms with Gasteiger partial charge in [-0.3, -0.25) is 18.7 Å². The van der Waals surface area contributed by atoms with E-state index in [1.807, 2.05) is 43.3 Å². The maximum atomic E-state index is 12.4. The Balaban J connectivity index is 1.57. The minimum atomic E-state index is -0.411. The van der Waals surface area contributed by atoms with Gasteiger partial charge in [-0.2, -0.15) is 0 Å². The number of benzene rings is 1. The van der Waals surface area contributed by atoms with Crippen LogP contribution in [0, 0.1) is 0 Å². The highest BCUT2D eigenvalue weighted by atomic mass is 16.2. The van der Waals surface area contributed by atoms with Gasteiger partial charge in [0, 0.05) is 53.4 Å². The summed E-state index contributed by atoms with van der Waals surface area (Å²) in [4.78, 5) is 42.7. The minimum absolute atomic E-state index is 0.0496. The van der Waals surface area contributed by atoms with E-state index in [9.17, 15) is 14.4 Å². The van der Waals surface area contributed by atoms with E-state index in [2.05, 4.69) is 10.3 Å². The summed E-state index contributed by atoms with van der Waals surface area (Å²) in [6, 6.07) is 8.01. The summed E-state index contributed by atoms with van der Waals surface area (Å²) in [5.74, 6) is -0.0496. The predicted molar refractivity (Wildman–Crippen MR) is 112 cm³/mol. The molecule has 0 aliphatic carbocycles. The second-order valence-electron chi connectivity index (χ2n) is 7.26. The Morgan fingerprint density at radius 2 is 1.79 bits per heavy atom. The molecule has 0 bridgehead atoms. The van der Waals surface area contributed by atoms with Gasteiger partial charge in [0.2, 0.25) is 5.91 Å². The van der Waals surface area contributed by atoms with E-state index >= 15 is 0 Å². The van der Waals surface area contributed by atoms with Crippen LogP contribution in [0.4, 0.5) is 5.69 Å². The van der Waals surface area contributed by atoms with Crippen molar-refractivity contribution in [1.82, 2.24) is 24.0 Å². The number of amides is 1. The number of hydrogen-bond donors (Lipinski definition) is 1. The summed E-state index contributed by atoms with van der Waals surface area (Å²) in [7, 11) is 6.99. The zero-order chi connectivity index (χ0) is 21.1. The molecule has 0 atom stereocenters. The molecule has 0 saturated heterocycles. The fourth-order valence-corrected chi connectivity index (χ4v) is 3.18. The molecule has 0 fully saturated rings. The first kappa shape index (κ1) is 20.4. The van der Waals surface area contributed by atoms with Crippen molar-refractivity contribution >= 4 is 22.8 Å². The van der Waals surface area contributed by atoms with Crippen LogP contribution in [0.15, 0.2) is 40.2 Å². The van der Waals surface area contributed by atoms with Crippen molar-refractivity contribution < 1.29 is 4.79 Å². The molecule has 1 N–H and O–H groups in total. The number of nitrogens with zero attached hydrogens (tertiary/aromatic N) is 5. The molecule has 0 aliphatic heterocycles. The molecule has 1 aromatic carbocycles. The third kappa shape index (κ3) is 4.23. The van der Waals surface area contributed by atoms with Crippen LogP contribution in [0.2, 0.25) is 0 Å². The molecule has 1 amide bonds. The molecule has 3 rings (SSSR count). The number of aryl methyl sites for hydroxylation is 2. The Labute approximate surface area is 168 Å². The molecule has 9 heteroatoms. The lowest BCUT2D eigenvalue weighted by Crippen LogP contribution is -2.37. The Kier molecular flexibility index (Phi) is 5.86. The second kappa shape index (κ2) is 8.34. The molecule has 2 aromatic heterocycles. The summed E-state index contributed by atoms with van der Waals surface area (Å²) in [6.07, 6.45) is 2.43. The Morgan fingerprint density at radius 3 is 2.45 bits per heavy atom. The van der Waals surface area contributed by atoms with E-state index in [1.165, 1.54) is 17.9 Å². The van der Waals surface area contributed by atoms with Gasteiger partial charge in [0.05, 0.1) is 6.33 Å². The van der Waals surface area contributed by atoms with Crippen LogP contribution < -0.4 is 21.5 Å². The van der Waals surface area contributed by atoms with Crippen molar-refractivity contribution in [1.29, 1.82) is 0 Å². The third-order valence-corrected chi connectivity index (χ3v) is 4.96. The first-order valence-corrected chi connectivity index (χ1v) is 9.43. The molecule has 154 valence electrons. The third-order valence-electron chi connectivity index (χ3n) is 4.96. The van der Waals surface area contributed by atoms with Crippen molar-refractivity contribution in [2.75, 3.05) is 19.0 Å². The van der Waals surface area contributed by atoms with Crippen LogP contribution in [0.5, 0.6) is 0 Å². The summed E-state index contributed by atoms with van der Waals surface area (Å²) in [6.45, 7) is 0.943. The van der Waals surface area contributed by atoms with Crippen molar-refractivity contribution in [2.45, 2.75) is 25.9 Å². The summed E-state index contributed by atoms with van der Waals surface area (Å²) in [5, 5.41) is 2.91. The van der Waals surface area contributed by atoms with E-state index in [0.29, 0.717) is 37.1 Å². The van der Waals surface area contributed by atoms with E-state index in [1.54, 1.807) is 11.6 Å². The first-order valence-electron chi connectivity index (χ1n) is 9.43. The predicted octanol–water partition coefficient (Wildman–Crippen LogP) is 0.596. The van der Waals surface area contributed by atoms with Gasteiger partial charge in [-0.05, 0) is 24.1 Å². The van der Waals surface area contributed by atoms with E-state index in [-0.39, 0.29) is 11.5 Å². The molecule has 0 spiro atoms. The van der Waals surface area contributed by atoms with Gasteiger partial charge in [0.1, 0.15) is 0 Å². The fraction of sp³-hybridized carbons (Fsp3) is 0.400. The number of nitrogens with one attached hydrogen (secondary N) is 1. The Morgan fingerprint density at radius 1 is 1.10 bits per heavy atom. The lowest BCUT2D eigenvalue weighted by atomic mass is 10.2. The van der Waals surface area contributed by atoms with Gasteiger partial charge in [-0.25, -0.2) is 9.78 Å². The standard InChI is InChI=1S/C20H26N6O3/c1-23(2)15-9-7-14(8-10-15)12-21-16(27)6-5-11-26-13-22-18-17(26)19(28)25(4)20(29)24(18)3/h7-10,13H,5-6,11-12H2,1-4H3,(H,21,27). The highest BCUT2D eigenvalue weighted by Crippen LogP contribution is 2.12. The molecule has 0 aliphatic rings. The summed E-state index contributed by atoms with van der Waals surface area (Å²) >= 11 is 0. The van der Waals surface area contributed by atoms with Gasteiger partial charge < -0.3 is 14.8 Å². The van der Waals surface area contributed by atoms with E-state index < -0.39 is 5.69 Å². The van der Waals surface area contributed by atoms with Gasteiger partial charge in [-0.15, -0.1) is 0 Å². The fourth-order valence-electron chi connectivity index (χ4n) is 3.18. The van der Waals surface area contributed by atoms with Crippen LogP contribution in [-0.2, 0) is 32.0 Å². The number of fused-ring (bicyclic) bond motifs is 1.